The van der Waals surface area contributed by atoms with Crippen LogP contribution < -0.4 is 5.48 Å². The van der Waals surface area contributed by atoms with Crippen LogP contribution in [0.2, 0.25) is 0 Å². The molecule has 0 aromatic heterocycles. The van der Waals surface area contributed by atoms with E-state index >= 15 is 0 Å². The van der Waals surface area contributed by atoms with Crippen LogP contribution in [-0.2, 0) is 25.8 Å². The van der Waals surface area contributed by atoms with Crippen molar-refractivity contribution in [2.24, 2.45) is 0 Å². The van der Waals surface area contributed by atoms with Crippen molar-refractivity contribution < 1.29 is 37.4 Å². The summed E-state index contributed by atoms with van der Waals surface area (Å²) in [5, 5.41) is 10.3. The van der Waals surface area contributed by atoms with Crippen LogP contribution in [-0.4, -0.2) is 34.7 Å². The molecule has 0 bridgehead atoms. The molecule has 10 heteroatoms. The normalized spacial score (nSPS) is 15.7. The van der Waals surface area contributed by atoms with E-state index in [2.05, 4.69) is 5.48 Å². The number of hydrogen-bond donors (Lipinski definition) is 2. The summed E-state index contributed by atoms with van der Waals surface area (Å²) in [6.07, 6.45) is -4.46. The molecule has 3 rings (SSSR count). The van der Waals surface area contributed by atoms with Crippen LogP contribution in [0.5, 0.6) is 5.75 Å². The number of hydroxylamine groups is 1. The molecule has 7 nitrogen and oxygen atoms in total. The summed E-state index contributed by atoms with van der Waals surface area (Å²) in [6.45, 7) is 1.43. The number of nitrogens with one attached hydrogen (secondary N) is 1. The molecule has 0 saturated heterocycles. The SMILES string of the molecule is CCOC(=O)C1c2cccc(O)c2C(NOCc2ccccc2)=CN1C(=O)C(F)(F)F. The summed E-state index contributed by atoms with van der Waals surface area (Å²) in [6, 6.07) is 11.2. The first kappa shape index (κ1) is 22.2. The predicted molar refractivity (Wildman–Crippen MR) is 103 cm³/mol. The molecule has 1 atom stereocenters. The number of phenolic OH excluding ortho intramolecular Hbond substituents is 1. The van der Waals surface area contributed by atoms with Crippen molar-refractivity contribution in [3.05, 3.63) is 71.4 Å². The van der Waals surface area contributed by atoms with Gasteiger partial charge in [-0.2, -0.15) is 13.2 Å². The minimum atomic E-state index is -5.24. The Labute approximate surface area is 175 Å². The summed E-state index contributed by atoms with van der Waals surface area (Å²) >= 11 is 0. The van der Waals surface area contributed by atoms with Crippen molar-refractivity contribution in [2.75, 3.05) is 6.61 Å². The molecule has 1 heterocycles. The van der Waals surface area contributed by atoms with Gasteiger partial charge in [-0.25, -0.2) is 4.79 Å². The zero-order valence-corrected chi connectivity index (χ0v) is 16.3. The molecule has 2 aromatic carbocycles. The van der Waals surface area contributed by atoms with E-state index in [9.17, 15) is 27.9 Å². The van der Waals surface area contributed by atoms with Gasteiger partial charge in [0, 0.05) is 11.8 Å². The number of carbonyl (C=O) groups excluding carboxylic acids is 2. The third-order valence-electron chi connectivity index (χ3n) is 4.44. The van der Waals surface area contributed by atoms with E-state index in [1.165, 1.54) is 25.1 Å². The van der Waals surface area contributed by atoms with Crippen LogP contribution in [0.4, 0.5) is 13.2 Å². The highest BCUT2D eigenvalue weighted by atomic mass is 19.4. The summed E-state index contributed by atoms with van der Waals surface area (Å²) in [4.78, 5) is 30.2. The number of ether oxygens (including phenoxy) is 1. The first-order valence-electron chi connectivity index (χ1n) is 9.26. The zero-order valence-electron chi connectivity index (χ0n) is 16.3. The monoisotopic (exact) mass is 436 g/mol. The number of benzene rings is 2. The maximum Gasteiger partial charge on any atom is 0.471 e. The number of alkyl halides is 3. The second kappa shape index (κ2) is 9.09. The second-order valence-corrected chi connectivity index (χ2v) is 6.53. The van der Waals surface area contributed by atoms with Gasteiger partial charge in [0.1, 0.15) is 5.75 Å². The average molecular weight is 436 g/mol. The van der Waals surface area contributed by atoms with Crippen LogP contribution in [0.15, 0.2) is 54.7 Å². The number of carbonyl (C=O) groups is 2. The Morgan fingerprint density at radius 2 is 1.84 bits per heavy atom. The fourth-order valence-electron chi connectivity index (χ4n) is 3.14. The lowest BCUT2D eigenvalue weighted by molar-refractivity contribution is -0.187. The Balaban J connectivity index is 2.00. The molecule has 0 radical (unpaired) electrons. The van der Waals surface area contributed by atoms with Crippen molar-refractivity contribution in [1.29, 1.82) is 0 Å². The maximum atomic E-state index is 13.2. The number of halogens is 3. The van der Waals surface area contributed by atoms with Gasteiger partial charge < -0.3 is 9.84 Å². The van der Waals surface area contributed by atoms with Crippen LogP contribution in [0.25, 0.3) is 5.70 Å². The number of nitrogens with zero attached hydrogens (tertiary/aromatic N) is 1. The highest BCUT2D eigenvalue weighted by Gasteiger charge is 2.49. The maximum absolute atomic E-state index is 13.2. The number of rotatable bonds is 6. The molecule has 164 valence electrons. The van der Waals surface area contributed by atoms with E-state index in [-0.39, 0.29) is 40.7 Å². The second-order valence-electron chi connectivity index (χ2n) is 6.53. The first-order chi connectivity index (χ1) is 14.7. The number of amides is 1. The largest absolute Gasteiger partial charge is 0.507 e. The molecule has 0 fully saturated rings. The number of aromatic hydroxyl groups is 1. The van der Waals surface area contributed by atoms with Crippen molar-refractivity contribution >= 4 is 17.6 Å². The van der Waals surface area contributed by atoms with Gasteiger partial charge >= 0.3 is 18.1 Å². The van der Waals surface area contributed by atoms with Crippen LogP contribution in [0.1, 0.15) is 29.7 Å². The van der Waals surface area contributed by atoms with Gasteiger partial charge in [-0.05, 0) is 24.1 Å². The lowest BCUT2D eigenvalue weighted by Crippen LogP contribution is -2.45. The van der Waals surface area contributed by atoms with Gasteiger partial charge in [0.15, 0.2) is 6.04 Å². The molecule has 2 N–H and O–H groups in total. The Morgan fingerprint density at radius 3 is 2.48 bits per heavy atom. The van der Waals surface area contributed by atoms with Gasteiger partial charge in [0.2, 0.25) is 0 Å². The van der Waals surface area contributed by atoms with Crippen LogP contribution in [0, 0.1) is 0 Å². The molecular formula is C21H19F3N2O5. The molecule has 1 aliphatic rings. The summed E-state index contributed by atoms with van der Waals surface area (Å²) in [5.74, 6) is -3.64. The quantitative estimate of drug-likeness (QED) is 0.533. The van der Waals surface area contributed by atoms with Gasteiger partial charge in [0.25, 0.3) is 0 Å². The zero-order chi connectivity index (χ0) is 22.6. The molecule has 0 aliphatic carbocycles. The predicted octanol–water partition coefficient (Wildman–Crippen LogP) is 3.42. The molecular weight excluding hydrogens is 417 g/mol. The van der Waals surface area contributed by atoms with Crippen LogP contribution >= 0.6 is 0 Å². The Bertz CT molecular complexity index is 992. The van der Waals surface area contributed by atoms with Crippen molar-refractivity contribution in [1.82, 2.24) is 10.4 Å². The van der Waals surface area contributed by atoms with Gasteiger partial charge in [-0.1, -0.05) is 42.5 Å². The smallest absolute Gasteiger partial charge is 0.471 e. The molecule has 1 aliphatic heterocycles. The fraction of sp³-hybridized carbons (Fsp3) is 0.238. The number of phenols is 1. The number of esters is 1. The van der Waals surface area contributed by atoms with E-state index in [1.54, 1.807) is 24.3 Å². The molecule has 0 spiro atoms. The molecule has 1 amide bonds. The minimum absolute atomic E-state index is 0.0276. The van der Waals surface area contributed by atoms with E-state index in [0.29, 0.717) is 0 Å². The van der Waals surface area contributed by atoms with E-state index in [0.717, 1.165) is 11.8 Å². The summed E-state index contributed by atoms with van der Waals surface area (Å²) < 4.78 is 44.6. The number of fused-ring (bicyclic) bond motifs is 1. The van der Waals surface area contributed by atoms with Crippen molar-refractivity contribution in [3.8, 4) is 5.75 Å². The highest BCUT2D eigenvalue weighted by molar-refractivity contribution is 5.93. The van der Waals surface area contributed by atoms with Gasteiger partial charge in [-0.3, -0.25) is 20.0 Å². The van der Waals surface area contributed by atoms with E-state index < -0.39 is 24.1 Å². The molecule has 31 heavy (non-hydrogen) atoms. The Hall–Kier alpha value is -3.53. The van der Waals surface area contributed by atoms with Crippen molar-refractivity contribution in [2.45, 2.75) is 25.7 Å². The van der Waals surface area contributed by atoms with E-state index in [1.807, 2.05) is 6.07 Å². The van der Waals surface area contributed by atoms with Gasteiger partial charge in [-0.15, -0.1) is 0 Å². The van der Waals surface area contributed by atoms with Gasteiger partial charge in [0.05, 0.1) is 18.9 Å². The average Bonchev–Trinajstić information content (AvgIpc) is 2.73. The summed E-state index contributed by atoms with van der Waals surface area (Å²) in [5.41, 5.74) is 3.12. The van der Waals surface area contributed by atoms with E-state index in [4.69, 9.17) is 9.57 Å². The minimum Gasteiger partial charge on any atom is -0.507 e. The standard InChI is InChI=1S/C21H19F3N2O5/c1-2-30-19(28)18-14-9-6-10-16(27)17(14)15(11-26(18)20(29)21(22,23)24)25-31-12-13-7-4-3-5-8-13/h3-11,18,25,27H,2,12H2,1H3. The molecule has 2 aromatic rings. The lowest BCUT2D eigenvalue weighted by Gasteiger charge is -2.34. The fourth-order valence-corrected chi connectivity index (χ4v) is 3.14. The Morgan fingerprint density at radius 1 is 1.13 bits per heavy atom. The summed E-state index contributed by atoms with van der Waals surface area (Å²) in [7, 11) is 0. The highest BCUT2D eigenvalue weighted by Crippen LogP contribution is 2.40. The molecule has 0 saturated carbocycles. The Kier molecular flexibility index (Phi) is 6.50. The van der Waals surface area contributed by atoms with Crippen LogP contribution in [0.3, 0.4) is 0 Å². The lowest BCUT2D eigenvalue weighted by atomic mass is 9.93. The third kappa shape index (κ3) is 4.80. The third-order valence-corrected chi connectivity index (χ3v) is 4.44. The molecule has 1 unspecified atom stereocenters. The topological polar surface area (TPSA) is 88.1 Å². The van der Waals surface area contributed by atoms with Crippen molar-refractivity contribution in [3.63, 3.8) is 0 Å². The first-order valence-corrected chi connectivity index (χ1v) is 9.26. The number of hydrogen-bond acceptors (Lipinski definition) is 6.